The number of nitrogens with one attached hydrogen (secondary N) is 1. The van der Waals surface area contributed by atoms with Gasteiger partial charge in [-0.3, -0.25) is 0 Å². The van der Waals surface area contributed by atoms with Crippen LogP contribution in [0.4, 0.5) is 4.39 Å². The van der Waals surface area contributed by atoms with Crippen LogP contribution in [0.1, 0.15) is 51.6 Å². The molecule has 4 atom stereocenters. The van der Waals surface area contributed by atoms with Crippen LogP contribution in [0.2, 0.25) is 5.02 Å². The molecule has 1 aromatic rings. The van der Waals surface area contributed by atoms with Gasteiger partial charge in [0, 0.05) is 16.6 Å². The van der Waals surface area contributed by atoms with Crippen molar-refractivity contribution < 1.29 is 4.39 Å². The summed E-state index contributed by atoms with van der Waals surface area (Å²) in [5, 5.41) is 4.00. The van der Waals surface area contributed by atoms with Crippen LogP contribution < -0.4 is 5.32 Å². The molecule has 2 rings (SSSR count). The average Bonchev–Trinajstić information content (AvgIpc) is 2.41. The molecule has 1 aromatic carbocycles. The van der Waals surface area contributed by atoms with E-state index in [1.165, 1.54) is 12.5 Å². The predicted molar refractivity (Wildman–Crippen MR) is 83.5 cm³/mol. The molecular formula is C17H25ClFN. The van der Waals surface area contributed by atoms with Gasteiger partial charge >= 0.3 is 0 Å². The molecule has 0 amide bonds. The van der Waals surface area contributed by atoms with Crippen LogP contribution in [0.25, 0.3) is 0 Å². The van der Waals surface area contributed by atoms with Gasteiger partial charge in [-0.15, -0.1) is 0 Å². The summed E-state index contributed by atoms with van der Waals surface area (Å²) in [6.07, 6.45) is 3.51. The lowest BCUT2D eigenvalue weighted by Crippen LogP contribution is -2.34. The zero-order valence-corrected chi connectivity index (χ0v) is 13.4. The molecule has 112 valence electrons. The van der Waals surface area contributed by atoms with Crippen molar-refractivity contribution in [3.05, 3.63) is 34.6 Å². The van der Waals surface area contributed by atoms with E-state index in [9.17, 15) is 4.39 Å². The molecule has 1 aliphatic rings. The van der Waals surface area contributed by atoms with Crippen molar-refractivity contribution in [1.82, 2.24) is 5.32 Å². The standard InChI is InChI=1S/C17H25ClFN/c1-4-20-17(13-9-8-11(2)12(3)10-13)16-14(18)6-5-7-15(16)19/h5-7,11-13,17,20H,4,8-10H2,1-3H3. The van der Waals surface area contributed by atoms with Crippen LogP contribution in [0.3, 0.4) is 0 Å². The topological polar surface area (TPSA) is 12.0 Å². The third-order valence-corrected chi connectivity index (χ3v) is 5.17. The lowest BCUT2D eigenvalue weighted by molar-refractivity contribution is 0.170. The minimum atomic E-state index is -0.185. The maximum atomic E-state index is 14.2. The minimum absolute atomic E-state index is 0.0312. The van der Waals surface area contributed by atoms with Gasteiger partial charge < -0.3 is 5.32 Å². The summed E-state index contributed by atoms with van der Waals surface area (Å²) in [5.74, 6) is 1.75. The quantitative estimate of drug-likeness (QED) is 0.805. The first kappa shape index (κ1) is 15.8. The molecular weight excluding hydrogens is 273 g/mol. The van der Waals surface area contributed by atoms with Gasteiger partial charge in [-0.1, -0.05) is 44.9 Å². The summed E-state index contributed by atoms with van der Waals surface area (Å²) in [6, 6.07) is 5.01. The normalized spacial score (nSPS) is 28.4. The molecule has 0 aliphatic heterocycles. The highest BCUT2D eigenvalue weighted by Crippen LogP contribution is 2.42. The molecule has 4 unspecified atom stereocenters. The van der Waals surface area contributed by atoms with Crippen LogP contribution in [0.15, 0.2) is 18.2 Å². The van der Waals surface area contributed by atoms with E-state index < -0.39 is 0 Å². The molecule has 20 heavy (non-hydrogen) atoms. The Morgan fingerprint density at radius 3 is 2.65 bits per heavy atom. The maximum absolute atomic E-state index is 14.2. The molecule has 0 heterocycles. The van der Waals surface area contributed by atoms with Crippen LogP contribution in [0.5, 0.6) is 0 Å². The molecule has 0 spiro atoms. The van der Waals surface area contributed by atoms with Crippen molar-refractivity contribution in [2.75, 3.05) is 6.54 Å². The van der Waals surface area contributed by atoms with Crippen molar-refractivity contribution >= 4 is 11.6 Å². The van der Waals surface area contributed by atoms with Crippen LogP contribution in [-0.4, -0.2) is 6.54 Å². The van der Waals surface area contributed by atoms with Crippen molar-refractivity contribution in [2.45, 2.75) is 46.1 Å². The SMILES string of the molecule is CCNC(c1c(F)cccc1Cl)C1CCC(C)C(C)C1. The average molecular weight is 298 g/mol. The Hall–Kier alpha value is -0.600. The fourth-order valence-corrected chi connectivity index (χ4v) is 3.70. The summed E-state index contributed by atoms with van der Waals surface area (Å²) in [5.41, 5.74) is 0.655. The first-order chi connectivity index (χ1) is 9.54. The Labute approximate surface area is 126 Å². The molecule has 1 fully saturated rings. The number of hydrogen-bond acceptors (Lipinski definition) is 1. The van der Waals surface area contributed by atoms with E-state index in [1.54, 1.807) is 12.1 Å². The van der Waals surface area contributed by atoms with Crippen molar-refractivity contribution in [3.8, 4) is 0 Å². The van der Waals surface area contributed by atoms with Gasteiger partial charge in [0.15, 0.2) is 0 Å². The van der Waals surface area contributed by atoms with Gasteiger partial charge in [-0.2, -0.15) is 0 Å². The summed E-state index contributed by atoms with van der Waals surface area (Å²) in [4.78, 5) is 0. The van der Waals surface area contributed by atoms with Crippen molar-refractivity contribution in [2.24, 2.45) is 17.8 Å². The van der Waals surface area contributed by atoms with Gasteiger partial charge in [0.05, 0.1) is 0 Å². The van der Waals surface area contributed by atoms with E-state index in [0.29, 0.717) is 22.4 Å². The molecule has 1 N–H and O–H groups in total. The molecule has 0 bridgehead atoms. The van der Waals surface area contributed by atoms with Crippen molar-refractivity contribution in [1.29, 1.82) is 0 Å². The summed E-state index contributed by atoms with van der Waals surface area (Å²) in [6.45, 7) is 7.52. The van der Waals surface area contributed by atoms with Gasteiger partial charge in [0.2, 0.25) is 0 Å². The number of hydrogen-bond donors (Lipinski definition) is 1. The molecule has 1 aliphatic carbocycles. The lowest BCUT2D eigenvalue weighted by Gasteiger charge is -2.37. The highest BCUT2D eigenvalue weighted by molar-refractivity contribution is 6.31. The Bertz CT molecular complexity index is 428. The van der Waals surface area contributed by atoms with Gasteiger partial charge in [-0.05, 0) is 49.3 Å². The Morgan fingerprint density at radius 1 is 1.30 bits per heavy atom. The first-order valence-corrected chi connectivity index (χ1v) is 8.09. The third kappa shape index (κ3) is 3.35. The molecule has 0 saturated heterocycles. The minimum Gasteiger partial charge on any atom is -0.310 e. The Morgan fingerprint density at radius 2 is 2.05 bits per heavy atom. The van der Waals surface area contributed by atoms with Gasteiger partial charge in [0.1, 0.15) is 5.82 Å². The molecule has 0 radical (unpaired) electrons. The molecule has 0 aromatic heterocycles. The summed E-state index contributed by atoms with van der Waals surface area (Å²) < 4.78 is 14.2. The lowest BCUT2D eigenvalue weighted by atomic mass is 9.72. The Kier molecular flexibility index (Phi) is 5.45. The fourth-order valence-electron chi connectivity index (χ4n) is 3.42. The zero-order chi connectivity index (χ0) is 14.7. The van der Waals surface area contributed by atoms with E-state index in [1.807, 2.05) is 0 Å². The van der Waals surface area contributed by atoms with E-state index in [2.05, 4.69) is 26.1 Å². The van der Waals surface area contributed by atoms with Crippen LogP contribution in [0, 0.1) is 23.6 Å². The second-order valence-corrected chi connectivity index (χ2v) is 6.61. The third-order valence-electron chi connectivity index (χ3n) is 4.84. The van der Waals surface area contributed by atoms with E-state index in [4.69, 9.17) is 11.6 Å². The van der Waals surface area contributed by atoms with Crippen LogP contribution in [-0.2, 0) is 0 Å². The largest absolute Gasteiger partial charge is 0.310 e. The van der Waals surface area contributed by atoms with E-state index in [-0.39, 0.29) is 11.9 Å². The van der Waals surface area contributed by atoms with Crippen LogP contribution >= 0.6 is 11.6 Å². The fraction of sp³-hybridized carbons (Fsp3) is 0.647. The highest BCUT2D eigenvalue weighted by Gasteiger charge is 2.32. The summed E-state index contributed by atoms with van der Waals surface area (Å²) >= 11 is 6.26. The zero-order valence-electron chi connectivity index (χ0n) is 12.6. The monoisotopic (exact) mass is 297 g/mol. The number of benzene rings is 1. The smallest absolute Gasteiger partial charge is 0.129 e. The first-order valence-electron chi connectivity index (χ1n) is 7.71. The maximum Gasteiger partial charge on any atom is 0.129 e. The molecule has 1 saturated carbocycles. The number of rotatable bonds is 4. The van der Waals surface area contributed by atoms with E-state index in [0.717, 1.165) is 25.3 Å². The van der Waals surface area contributed by atoms with Gasteiger partial charge in [0.25, 0.3) is 0 Å². The van der Waals surface area contributed by atoms with E-state index >= 15 is 0 Å². The van der Waals surface area contributed by atoms with Crippen molar-refractivity contribution in [3.63, 3.8) is 0 Å². The second kappa shape index (κ2) is 6.91. The predicted octanol–water partition coefficient (Wildman–Crippen LogP) is 5.20. The number of halogens is 2. The van der Waals surface area contributed by atoms with Gasteiger partial charge in [-0.25, -0.2) is 4.39 Å². The summed E-state index contributed by atoms with van der Waals surface area (Å²) in [7, 11) is 0. The highest BCUT2D eigenvalue weighted by atomic mass is 35.5. The molecule has 3 heteroatoms. The molecule has 1 nitrogen and oxygen atoms in total. The second-order valence-electron chi connectivity index (χ2n) is 6.20. The Balaban J connectivity index is 2.27.